The van der Waals surface area contributed by atoms with Crippen molar-refractivity contribution in [3.63, 3.8) is 0 Å². The molecule has 1 N–H and O–H groups in total. The average Bonchev–Trinajstić information content (AvgIpc) is 2.83. The summed E-state index contributed by atoms with van der Waals surface area (Å²) in [4.78, 5) is 12.0. The Kier molecular flexibility index (Phi) is 3.82. The second kappa shape index (κ2) is 5.50. The van der Waals surface area contributed by atoms with Gasteiger partial charge in [0.1, 0.15) is 5.78 Å². The van der Waals surface area contributed by atoms with Gasteiger partial charge in [-0.1, -0.05) is 22.0 Å². The third-order valence-electron chi connectivity index (χ3n) is 6.23. The summed E-state index contributed by atoms with van der Waals surface area (Å²) in [5.74, 6) is 0.285. The van der Waals surface area contributed by atoms with Crippen molar-refractivity contribution in [3.8, 4) is 0 Å². The normalized spacial score (nSPS) is 41.8. The highest BCUT2D eigenvalue weighted by atomic mass is 79.9. The van der Waals surface area contributed by atoms with Crippen LogP contribution < -0.4 is 0 Å². The summed E-state index contributed by atoms with van der Waals surface area (Å²) in [5, 5.41) is 11.2. The molecule has 2 aliphatic carbocycles. The first-order valence-corrected chi connectivity index (χ1v) is 10.5. The summed E-state index contributed by atoms with van der Waals surface area (Å²) in [6.07, 6.45) is 3.55. The number of rotatable bonds is 1. The van der Waals surface area contributed by atoms with Crippen molar-refractivity contribution in [2.75, 3.05) is 5.75 Å². The van der Waals surface area contributed by atoms with Gasteiger partial charge < -0.3 is 5.11 Å². The molecule has 2 fully saturated rings. The van der Waals surface area contributed by atoms with Crippen LogP contribution in [0.4, 0.5) is 0 Å². The molecular weight excluding hydrogens is 376 g/mol. The summed E-state index contributed by atoms with van der Waals surface area (Å²) in [6.45, 7) is 1.56. The second-order valence-electron chi connectivity index (χ2n) is 7.33. The van der Waals surface area contributed by atoms with Crippen LogP contribution >= 0.6 is 15.9 Å². The van der Waals surface area contributed by atoms with E-state index < -0.39 is 16.4 Å². The van der Waals surface area contributed by atoms with Crippen molar-refractivity contribution < 1.29 is 14.1 Å². The van der Waals surface area contributed by atoms with Crippen molar-refractivity contribution in [2.45, 2.75) is 43.5 Å². The van der Waals surface area contributed by atoms with E-state index in [1.165, 1.54) is 11.1 Å². The Morgan fingerprint density at radius 1 is 1.35 bits per heavy atom. The van der Waals surface area contributed by atoms with Gasteiger partial charge in [0.25, 0.3) is 0 Å². The van der Waals surface area contributed by atoms with Crippen LogP contribution in [-0.4, -0.2) is 26.5 Å². The molecule has 1 aliphatic heterocycles. The van der Waals surface area contributed by atoms with Crippen LogP contribution in [0.5, 0.6) is 0 Å². The quantitative estimate of drug-likeness (QED) is 0.792. The summed E-state index contributed by atoms with van der Waals surface area (Å²) in [5.41, 5.74) is 1.41. The molecule has 6 atom stereocenters. The number of benzene rings is 1. The van der Waals surface area contributed by atoms with Crippen LogP contribution in [0.3, 0.4) is 0 Å². The Balaban J connectivity index is 1.77. The number of hydrogen-bond acceptors (Lipinski definition) is 3. The maximum absolute atomic E-state index is 13.0. The zero-order chi connectivity index (χ0) is 16.4. The number of carbonyl (C=O) groups excluding carboxylic acids is 1. The Hall–Kier alpha value is -0.520. The van der Waals surface area contributed by atoms with Gasteiger partial charge in [0.15, 0.2) is 0 Å². The maximum atomic E-state index is 13.0. The van der Waals surface area contributed by atoms with Crippen LogP contribution in [0.15, 0.2) is 22.7 Å². The van der Waals surface area contributed by atoms with Gasteiger partial charge in [-0.25, -0.2) is 0 Å². The zero-order valence-electron chi connectivity index (χ0n) is 13.1. The predicted molar refractivity (Wildman–Crippen MR) is 93.5 cm³/mol. The molecule has 4 rings (SSSR count). The Bertz CT molecular complexity index is 704. The molecule has 1 saturated carbocycles. The Morgan fingerprint density at radius 2 is 2.13 bits per heavy atom. The van der Waals surface area contributed by atoms with Crippen molar-refractivity contribution in [1.82, 2.24) is 0 Å². The highest BCUT2D eigenvalue weighted by molar-refractivity contribution is 9.10. The molecule has 3 aliphatic rings. The van der Waals surface area contributed by atoms with E-state index >= 15 is 0 Å². The highest BCUT2D eigenvalue weighted by Gasteiger charge is 2.60. The number of halogens is 1. The Labute approximate surface area is 147 Å². The van der Waals surface area contributed by atoms with E-state index in [0.717, 1.165) is 30.2 Å². The molecule has 5 heteroatoms. The number of Topliss-reactive ketones (excluding diaryl/α,β-unsaturated/α-hetero) is 1. The molecule has 1 unspecified atom stereocenters. The number of carbonyl (C=O) groups is 1. The van der Waals surface area contributed by atoms with Gasteiger partial charge in [-0.15, -0.1) is 0 Å². The first kappa shape index (κ1) is 16.0. The van der Waals surface area contributed by atoms with Gasteiger partial charge in [0.2, 0.25) is 0 Å². The van der Waals surface area contributed by atoms with Crippen molar-refractivity contribution >= 4 is 32.5 Å². The fraction of sp³-hybridized carbons (Fsp3) is 0.611. The summed E-state index contributed by atoms with van der Waals surface area (Å²) >= 11 is 3.53. The van der Waals surface area contributed by atoms with Gasteiger partial charge in [-0.05, 0) is 67.7 Å². The smallest absolute Gasteiger partial charge is 0.135 e. The minimum Gasteiger partial charge on any atom is -0.388 e. The molecule has 124 valence electrons. The molecule has 0 radical (unpaired) electrons. The minimum absolute atomic E-state index is 0.00670. The van der Waals surface area contributed by atoms with E-state index in [2.05, 4.69) is 28.1 Å². The zero-order valence-corrected chi connectivity index (χ0v) is 15.5. The number of aryl methyl sites for hydroxylation is 1. The van der Waals surface area contributed by atoms with Crippen molar-refractivity contribution in [2.24, 2.45) is 17.8 Å². The molecule has 0 bridgehead atoms. The van der Waals surface area contributed by atoms with Crippen LogP contribution in [0.2, 0.25) is 0 Å². The SMILES string of the molecule is CC(=O)[C@@H]1CC[C@H]2[C@@H]3CCc4ccc(Br)cc4[C@H]3S(=O)C[C@]12O. The second-order valence-corrected chi connectivity index (χ2v) is 9.80. The lowest BCUT2D eigenvalue weighted by Gasteiger charge is -2.48. The lowest BCUT2D eigenvalue weighted by Crippen LogP contribution is -2.55. The minimum atomic E-state index is -1.14. The van der Waals surface area contributed by atoms with Crippen molar-refractivity contribution in [3.05, 3.63) is 33.8 Å². The van der Waals surface area contributed by atoms with E-state index in [1.54, 1.807) is 6.92 Å². The van der Waals surface area contributed by atoms with Gasteiger partial charge >= 0.3 is 0 Å². The third-order valence-corrected chi connectivity index (χ3v) is 8.64. The van der Waals surface area contributed by atoms with Crippen LogP contribution in [-0.2, 0) is 22.0 Å². The molecule has 0 amide bonds. The molecule has 1 aromatic carbocycles. The maximum Gasteiger partial charge on any atom is 0.135 e. The van der Waals surface area contributed by atoms with E-state index in [-0.39, 0.29) is 34.5 Å². The molecule has 3 nitrogen and oxygen atoms in total. The molecule has 0 spiro atoms. The Morgan fingerprint density at radius 3 is 2.87 bits per heavy atom. The molecule has 1 heterocycles. The van der Waals surface area contributed by atoms with Gasteiger partial charge in [0, 0.05) is 21.2 Å². The van der Waals surface area contributed by atoms with Crippen LogP contribution in [0.25, 0.3) is 0 Å². The third kappa shape index (κ3) is 2.30. The topological polar surface area (TPSA) is 54.4 Å². The fourth-order valence-corrected chi connectivity index (χ4v) is 7.93. The fourth-order valence-electron chi connectivity index (χ4n) is 5.28. The molecule has 1 aromatic rings. The number of fused-ring (bicyclic) bond motifs is 5. The monoisotopic (exact) mass is 396 g/mol. The first-order valence-electron chi connectivity index (χ1n) is 8.30. The number of aliphatic hydroxyl groups is 1. The van der Waals surface area contributed by atoms with Gasteiger partial charge in [-0.2, -0.15) is 0 Å². The van der Waals surface area contributed by atoms with Crippen LogP contribution in [0.1, 0.15) is 42.6 Å². The lowest BCUT2D eigenvalue weighted by atomic mass is 9.69. The van der Waals surface area contributed by atoms with E-state index in [1.807, 2.05) is 6.07 Å². The van der Waals surface area contributed by atoms with E-state index in [0.29, 0.717) is 0 Å². The number of ketones is 1. The van der Waals surface area contributed by atoms with Crippen molar-refractivity contribution in [1.29, 1.82) is 0 Å². The summed E-state index contributed by atoms with van der Waals surface area (Å²) in [7, 11) is -1.14. The first-order chi connectivity index (χ1) is 10.9. The van der Waals surface area contributed by atoms with Gasteiger partial charge in [0.05, 0.1) is 16.6 Å². The summed E-state index contributed by atoms with van der Waals surface area (Å²) in [6, 6.07) is 6.27. The van der Waals surface area contributed by atoms with Gasteiger partial charge in [-0.3, -0.25) is 9.00 Å². The molecule has 0 aromatic heterocycles. The van der Waals surface area contributed by atoms with E-state index in [4.69, 9.17) is 0 Å². The average molecular weight is 397 g/mol. The molecule has 1 saturated heterocycles. The largest absolute Gasteiger partial charge is 0.388 e. The summed E-state index contributed by atoms with van der Waals surface area (Å²) < 4.78 is 14.1. The van der Waals surface area contributed by atoms with E-state index in [9.17, 15) is 14.1 Å². The van der Waals surface area contributed by atoms with Crippen LogP contribution in [0, 0.1) is 17.8 Å². The number of hydrogen-bond donors (Lipinski definition) is 1. The lowest BCUT2D eigenvalue weighted by molar-refractivity contribution is -0.130. The highest BCUT2D eigenvalue weighted by Crippen LogP contribution is 2.57. The molecular formula is C18H21BrO3S. The standard InChI is InChI=1S/C18H21BrO3S/c1-10(20)15-6-7-16-13-5-3-11-2-4-12(19)8-14(11)17(13)23(22)9-18(15,16)21/h2,4,8,13,15-17,21H,3,5-7,9H2,1H3/t13-,15-,16-,17-,18-,23?/m0/s1. The molecule has 23 heavy (non-hydrogen) atoms. The predicted octanol–water partition coefficient (Wildman–Crippen LogP) is 3.16.